The fraction of sp³-hybridized carbons (Fsp3) is 1.00. The summed E-state index contributed by atoms with van der Waals surface area (Å²) in [5, 5.41) is 1.64. The molecule has 2 nitrogen and oxygen atoms in total. The zero-order valence-electron chi connectivity index (χ0n) is 8.69. The van der Waals surface area contributed by atoms with Crippen LogP contribution in [0.3, 0.4) is 0 Å². The first-order valence-corrected chi connectivity index (χ1v) is 5.60. The molecule has 1 aliphatic carbocycles. The van der Waals surface area contributed by atoms with Gasteiger partial charge in [-0.1, -0.05) is 0 Å². The first-order valence-electron chi connectivity index (χ1n) is 5.60. The Hall–Kier alpha value is -0.290. The summed E-state index contributed by atoms with van der Waals surface area (Å²) in [5.41, 5.74) is 0. The third kappa shape index (κ3) is 3.65. The zero-order valence-corrected chi connectivity index (χ0v) is 8.69. The summed E-state index contributed by atoms with van der Waals surface area (Å²) in [6, 6.07) is 0.679. The SMILES string of the molecule is FC(F)(F)NC[C@@H]1CCCN(C2CC2)C1. The molecule has 5 heteroatoms. The highest BCUT2D eigenvalue weighted by atomic mass is 19.4. The second-order valence-corrected chi connectivity index (χ2v) is 4.61. The monoisotopic (exact) mass is 222 g/mol. The minimum Gasteiger partial charge on any atom is -0.300 e. The second kappa shape index (κ2) is 4.29. The van der Waals surface area contributed by atoms with E-state index in [1.165, 1.54) is 12.8 Å². The Bertz CT molecular complexity index is 213. The molecule has 1 heterocycles. The minimum atomic E-state index is -4.22. The number of alkyl halides is 3. The van der Waals surface area contributed by atoms with Gasteiger partial charge >= 0.3 is 6.30 Å². The molecule has 0 bridgehead atoms. The van der Waals surface area contributed by atoms with Crippen LogP contribution in [0.4, 0.5) is 13.2 Å². The van der Waals surface area contributed by atoms with Crippen molar-refractivity contribution in [3.8, 4) is 0 Å². The standard InChI is InChI=1S/C10H17F3N2/c11-10(12,13)14-6-8-2-1-5-15(7-8)9-3-4-9/h8-9,14H,1-7H2/t8-/m0/s1. The van der Waals surface area contributed by atoms with E-state index in [9.17, 15) is 13.2 Å². The lowest BCUT2D eigenvalue weighted by molar-refractivity contribution is -0.159. The molecule has 0 radical (unpaired) electrons. The summed E-state index contributed by atoms with van der Waals surface area (Å²) < 4.78 is 35.9. The summed E-state index contributed by atoms with van der Waals surface area (Å²) in [5.74, 6) is 0.168. The maximum atomic E-state index is 12.0. The average molecular weight is 222 g/mol. The van der Waals surface area contributed by atoms with E-state index in [0.717, 1.165) is 25.9 Å². The summed E-state index contributed by atoms with van der Waals surface area (Å²) in [7, 11) is 0. The topological polar surface area (TPSA) is 15.3 Å². The van der Waals surface area contributed by atoms with Crippen molar-refractivity contribution in [3.63, 3.8) is 0 Å². The lowest BCUT2D eigenvalue weighted by atomic mass is 9.98. The second-order valence-electron chi connectivity index (χ2n) is 4.61. The fourth-order valence-electron chi connectivity index (χ4n) is 2.30. The van der Waals surface area contributed by atoms with Crippen molar-refractivity contribution in [1.29, 1.82) is 0 Å². The molecule has 1 atom stereocenters. The molecular formula is C10H17F3N2. The van der Waals surface area contributed by atoms with Gasteiger partial charge in [0.25, 0.3) is 0 Å². The van der Waals surface area contributed by atoms with Gasteiger partial charge in [0.05, 0.1) is 0 Å². The van der Waals surface area contributed by atoms with Gasteiger partial charge in [0.2, 0.25) is 0 Å². The van der Waals surface area contributed by atoms with Crippen molar-refractivity contribution in [2.45, 2.75) is 38.0 Å². The zero-order chi connectivity index (χ0) is 10.9. The number of nitrogens with zero attached hydrogens (tertiary/aromatic N) is 1. The van der Waals surface area contributed by atoms with Crippen molar-refractivity contribution >= 4 is 0 Å². The molecule has 2 rings (SSSR count). The first kappa shape index (κ1) is 11.2. The molecule has 0 amide bonds. The molecule has 0 aromatic carbocycles. The van der Waals surface area contributed by atoms with E-state index in [1.54, 1.807) is 5.32 Å². The van der Waals surface area contributed by atoms with Gasteiger partial charge < -0.3 is 4.90 Å². The van der Waals surface area contributed by atoms with Crippen LogP contribution in [0.2, 0.25) is 0 Å². The maximum Gasteiger partial charge on any atom is 0.457 e. The summed E-state index contributed by atoms with van der Waals surface area (Å²) in [6.07, 6.45) is 0.216. The van der Waals surface area contributed by atoms with Gasteiger partial charge in [0.15, 0.2) is 0 Å². The van der Waals surface area contributed by atoms with Gasteiger partial charge in [-0.2, -0.15) is 13.2 Å². The number of hydrogen-bond donors (Lipinski definition) is 1. The Labute approximate surface area is 87.8 Å². The highest BCUT2D eigenvalue weighted by molar-refractivity contribution is 4.88. The molecule has 2 aliphatic rings. The van der Waals surface area contributed by atoms with Gasteiger partial charge in [-0.3, -0.25) is 0 Å². The van der Waals surface area contributed by atoms with Crippen LogP contribution in [-0.4, -0.2) is 36.9 Å². The summed E-state index contributed by atoms with van der Waals surface area (Å²) in [6.45, 7) is 1.99. The molecule has 0 aromatic rings. The molecular weight excluding hydrogens is 205 g/mol. The smallest absolute Gasteiger partial charge is 0.300 e. The average Bonchev–Trinajstić information content (AvgIpc) is 2.97. The van der Waals surface area contributed by atoms with Crippen LogP contribution in [-0.2, 0) is 0 Å². The molecule has 1 aliphatic heterocycles. The van der Waals surface area contributed by atoms with E-state index >= 15 is 0 Å². The van der Waals surface area contributed by atoms with Gasteiger partial charge in [-0.25, -0.2) is 5.32 Å². The van der Waals surface area contributed by atoms with E-state index in [2.05, 4.69) is 4.90 Å². The molecule has 0 unspecified atom stereocenters. The van der Waals surface area contributed by atoms with Crippen molar-refractivity contribution in [2.75, 3.05) is 19.6 Å². The van der Waals surface area contributed by atoms with Crippen molar-refractivity contribution in [3.05, 3.63) is 0 Å². The fourth-order valence-corrected chi connectivity index (χ4v) is 2.30. The Morgan fingerprint density at radius 1 is 1.20 bits per heavy atom. The van der Waals surface area contributed by atoms with Crippen molar-refractivity contribution in [1.82, 2.24) is 10.2 Å². The van der Waals surface area contributed by atoms with E-state index < -0.39 is 6.30 Å². The molecule has 1 saturated carbocycles. The third-order valence-electron chi connectivity index (χ3n) is 3.20. The van der Waals surface area contributed by atoms with Gasteiger partial charge in [-0.05, 0) is 38.1 Å². The molecule has 0 spiro atoms. The highest BCUT2D eigenvalue weighted by Crippen LogP contribution is 2.30. The van der Waals surface area contributed by atoms with Crippen LogP contribution < -0.4 is 5.32 Å². The summed E-state index contributed by atoms with van der Waals surface area (Å²) in [4.78, 5) is 2.35. The van der Waals surface area contributed by atoms with Crippen LogP contribution >= 0.6 is 0 Å². The Balaban J connectivity index is 1.72. The number of nitrogens with one attached hydrogen (secondary N) is 1. The largest absolute Gasteiger partial charge is 0.457 e. The Morgan fingerprint density at radius 2 is 1.93 bits per heavy atom. The van der Waals surface area contributed by atoms with Crippen LogP contribution in [0.1, 0.15) is 25.7 Å². The van der Waals surface area contributed by atoms with Crippen LogP contribution in [0, 0.1) is 5.92 Å². The van der Waals surface area contributed by atoms with Crippen LogP contribution in [0.25, 0.3) is 0 Å². The number of hydrogen-bond acceptors (Lipinski definition) is 2. The van der Waals surface area contributed by atoms with Crippen LogP contribution in [0.15, 0.2) is 0 Å². The first-order chi connectivity index (χ1) is 7.04. The lowest BCUT2D eigenvalue weighted by Gasteiger charge is -2.33. The Morgan fingerprint density at radius 3 is 2.53 bits per heavy atom. The molecule has 15 heavy (non-hydrogen) atoms. The highest BCUT2D eigenvalue weighted by Gasteiger charge is 2.34. The van der Waals surface area contributed by atoms with Crippen molar-refractivity contribution < 1.29 is 13.2 Å². The minimum absolute atomic E-state index is 0.0761. The number of rotatable bonds is 3. The van der Waals surface area contributed by atoms with Gasteiger partial charge in [0, 0.05) is 19.1 Å². The molecule has 1 N–H and O–H groups in total. The predicted octanol–water partition coefficient (Wildman–Crippen LogP) is 1.97. The number of piperidine rings is 1. The quantitative estimate of drug-likeness (QED) is 0.734. The molecule has 2 fully saturated rings. The number of halogens is 3. The van der Waals surface area contributed by atoms with E-state index in [0.29, 0.717) is 6.04 Å². The van der Waals surface area contributed by atoms with E-state index in [1.807, 2.05) is 0 Å². The summed E-state index contributed by atoms with van der Waals surface area (Å²) >= 11 is 0. The molecule has 1 saturated heterocycles. The molecule has 0 aromatic heterocycles. The van der Waals surface area contributed by atoms with Crippen LogP contribution in [0.5, 0.6) is 0 Å². The third-order valence-corrected chi connectivity index (χ3v) is 3.20. The maximum absolute atomic E-state index is 12.0. The predicted molar refractivity (Wildman–Crippen MR) is 51.4 cm³/mol. The van der Waals surface area contributed by atoms with E-state index in [4.69, 9.17) is 0 Å². The number of likely N-dealkylation sites (tertiary alicyclic amines) is 1. The normalized spacial score (nSPS) is 29.4. The van der Waals surface area contributed by atoms with E-state index in [-0.39, 0.29) is 12.5 Å². The van der Waals surface area contributed by atoms with Crippen molar-refractivity contribution in [2.24, 2.45) is 5.92 Å². The lowest BCUT2D eigenvalue weighted by Crippen LogP contribution is -2.43. The molecule has 88 valence electrons. The Kier molecular flexibility index (Phi) is 3.21. The van der Waals surface area contributed by atoms with Gasteiger partial charge in [0.1, 0.15) is 0 Å². The van der Waals surface area contributed by atoms with Gasteiger partial charge in [-0.15, -0.1) is 0 Å².